The number of hydrazine groups is 1. The third-order valence-electron chi connectivity index (χ3n) is 3.72. The molecule has 0 aliphatic rings. The summed E-state index contributed by atoms with van der Waals surface area (Å²) in [6.07, 6.45) is 0.912. The van der Waals surface area contributed by atoms with Gasteiger partial charge < -0.3 is 0 Å². The molecule has 0 bridgehead atoms. The predicted octanol–water partition coefficient (Wildman–Crippen LogP) is 3.96. The lowest BCUT2D eigenvalue weighted by Gasteiger charge is -2.20. The SMILES string of the molecule is Cc1cc(C)c(CC(NN)c2ccc(I)cc2)c(C)c1. The Morgan fingerprint density at radius 2 is 1.60 bits per heavy atom. The molecule has 0 aromatic heterocycles. The van der Waals surface area contributed by atoms with Crippen molar-refractivity contribution in [3.05, 3.63) is 67.8 Å². The average molecular weight is 380 g/mol. The Balaban J connectivity index is 2.29. The zero-order valence-electron chi connectivity index (χ0n) is 12.2. The van der Waals surface area contributed by atoms with E-state index in [4.69, 9.17) is 5.84 Å². The topological polar surface area (TPSA) is 38.0 Å². The number of halogens is 1. The zero-order valence-corrected chi connectivity index (χ0v) is 14.4. The van der Waals surface area contributed by atoms with E-state index in [0.717, 1.165) is 6.42 Å². The van der Waals surface area contributed by atoms with Gasteiger partial charge in [-0.2, -0.15) is 0 Å². The number of nitrogens with two attached hydrogens (primary N) is 1. The summed E-state index contributed by atoms with van der Waals surface area (Å²) in [5.41, 5.74) is 9.57. The molecule has 1 atom stereocenters. The Labute approximate surface area is 134 Å². The number of hydrogen-bond acceptors (Lipinski definition) is 2. The standard InChI is InChI=1S/C17H21IN2/c1-11-8-12(2)16(13(3)9-11)10-17(20-19)14-4-6-15(18)7-5-14/h4-9,17,20H,10,19H2,1-3H3. The van der Waals surface area contributed by atoms with Gasteiger partial charge >= 0.3 is 0 Å². The molecule has 3 N–H and O–H groups in total. The van der Waals surface area contributed by atoms with Crippen LogP contribution in [0.1, 0.15) is 33.9 Å². The summed E-state index contributed by atoms with van der Waals surface area (Å²) in [7, 11) is 0. The molecule has 0 heterocycles. The van der Waals surface area contributed by atoms with Crippen molar-refractivity contribution >= 4 is 22.6 Å². The molecule has 0 amide bonds. The fraction of sp³-hybridized carbons (Fsp3) is 0.294. The number of rotatable bonds is 4. The van der Waals surface area contributed by atoms with E-state index in [-0.39, 0.29) is 6.04 Å². The molecule has 2 nitrogen and oxygen atoms in total. The summed E-state index contributed by atoms with van der Waals surface area (Å²) in [6, 6.07) is 13.2. The van der Waals surface area contributed by atoms with Gasteiger partial charge in [0.25, 0.3) is 0 Å². The van der Waals surface area contributed by atoms with Crippen LogP contribution in [-0.2, 0) is 6.42 Å². The second-order valence-corrected chi connectivity index (χ2v) is 6.60. The van der Waals surface area contributed by atoms with Crippen molar-refractivity contribution in [2.24, 2.45) is 5.84 Å². The lowest BCUT2D eigenvalue weighted by Crippen LogP contribution is -2.30. The fourth-order valence-corrected chi connectivity index (χ4v) is 3.06. The van der Waals surface area contributed by atoms with E-state index in [1.165, 1.54) is 31.4 Å². The summed E-state index contributed by atoms with van der Waals surface area (Å²) in [5, 5.41) is 0. The molecule has 0 aliphatic heterocycles. The van der Waals surface area contributed by atoms with Gasteiger partial charge in [0.15, 0.2) is 0 Å². The normalized spacial score (nSPS) is 12.4. The number of aryl methyl sites for hydroxylation is 3. The van der Waals surface area contributed by atoms with Crippen molar-refractivity contribution in [3.8, 4) is 0 Å². The third kappa shape index (κ3) is 3.59. The van der Waals surface area contributed by atoms with Gasteiger partial charge in [0.1, 0.15) is 0 Å². The summed E-state index contributed by atoms with van der Waals surface area (Å²) >= 11 is 2.32. The van der Waals surface area contributed by atoms with Crippen LogP contribution in [0.25, 0.3) is 0 Å². The van der Waals surface area contributed by atoms with Gasteiger partial charge in [-0.25, -0.2) is 0 Å². The van der Waals surface area contributed by atoms with Crippen LogP contribution < -0.4 is 11.3 Å². The van der Waals surface area contributed by atoms with E-state index in [1.807, 2.05) is 0 Å². The second kappa shape index (κ2) is 6.70. The highest BCUT2D eigenvalue weighted by molar-refractivity contribution is 14.1. The molecular formula is C17H21IN2. The first kappa shape index (κ1) is 15.5. The van der Waals surface area contributed by atoms with E-state index < -0.39 is 0 Å². The average Bonchev–Trinajstić information content (AvgIpc) is 2.39. The highest BCUT2D eigenvalue weighted by Gasteiger charge is 2.13. The lowest BCUT2D eigenvalue weighted by atomic mass is 9.92. The maximum Gasteiger partial charge on any atom is 0.0500 e. The Kier molecular flexibility index (Phi) is 5.18. The van der Waals surface area contributed by atoms with E-state index in [2.05, 4.69) is 85.2 Å². The third-order valence-corrected chi connectivity index (χ3v) is 4.44. The molecule has 2 rings (SSSR count). The molecule has 2 aromatic carbocycles. The van der Waals surface area contributed by atoms with Crippen LogP contribution in [0.4, 0.5) is 0 Å². The Morgan fingerprint density at radius 3 is 2.10 bits per heavy atom. The maximum atomic E-state index is 5.77. The molecule has 0 saturated heterocycles. The van der Waals surface area contributed by atoms with Gasteiger partial charge in [0.05, 0.1) is 0 Å². The number of benzene rings is 2. The lowest BCUT2D eigenvalue weighted by molar-refractivity contribution is 0.549. The van der Waals surface area contributed by atoms with Gasteiger partial charge in [-0.05, 0) is 84.2 Å². The smallest absolute Gasteiger partial charge is 0.0500 e. The molecular weight excluding hydrogens is 359 g/mol. The molecule has 1 unspecified atom stereocenters. The molecule has 106 valence electrons. The Bertz CT molecular complexity index is 567. The summed E-state index contributed by atoms with van der Waals surface area (Å²) in [6.45, 7) is 6.50. The highest BCUT2D eigenvalue weighted by atomic mass is 127. The molecule has 0 saturated carbocycles. The monoisotopic (exact) mass is 380 g/mol. The summed E-state index contributed by atoms with van der Waals surface area (Å²) < 4.78 is 1.24. The van der Waals surface area contributed by atoms with Gasteiger partial charge in [0, 0.05) is 9.61 Å². The minimum atomic E-state index is 0.145. The van der Waals surface area contributed by atoms with E-state index >= 15 is 0 Å². The maximum absolute atomic E-state index is 5.77. The van der Waals surface area contributed by atoms with E-state index in [1.54, 1.807) is 0 Å². The fourth-order valence-electron chi connectivity index (χ4n) is 2.70. The Morgan fingerprint density at radius 1 is 1.05 bits per heavy atom. The van der Waals surface area contributed by atoms with Gasteiger partial charge in [-0.3, -0.25) is 11.3 Å². The quantitative estimate of drug-likeness (QED) is 0.479. The van der Waals surface area contributed by atoms with Crippen LogP contribution in [0.5, 0.6) is 0 Å². The molecule has 0 fully saturated rings. The van der Waals surface area contributed by atoms with Crippen molar-refractivity contribution in [2.45, 2.75) is 33.2 Å². The molecule has 20 heavy (non-hydrogen) atoms. The van der Waals surface area contributed by atoms with E-state index in [9.17, 15) is 0 Å². The molecule has 0 aliphatic carbocycles. The van der Waals surface area contributed by atoms with Crippen LogP contribution in [0.2, 0.25) is 0 Å². The molecule has 3 heteroatoms. The zero-order chi connectivity index (χ0) is 14.7. The van der Waals surface area contributed by atoms with Crippen molar-refractivity contribution < 1.29 is 0 Å². The first-order chi connectivity index (χ1) is 9.51. The van der Waals surface area contributed by atoms with Crippen molar-refractivity contribution in [1.29, 1.82) is 0 Å². The Hall–Kier alpha value is -0.910. The minimum Gasteiger partial charge on any atom is -0.271 e. The molecule has 0 radical (unpaired) electrons. The number of hydrogen-bond donors (Lipinski definition) is 2. The van der Waals surface area contributed by atoms with E-state index in [0.29, 0.717) is 0 Å². The van der Waals surface area contributed by atoms with Crippen LogP contribution in [-0.4, -0.2) is 0 Å². The summed E-state index contributed by atoms with van der Waals surface area (Å²) in [5.74, 6) is 5.77. The van der Waals surface area contributed by atoms with Crippen LogP contribution in [0.3, 0.4) is 0 Å². The van der Waals surface area contributed by atoms with Crippen LogP contribution in [0, 0.1) is 24.3 Å². The van der Waals surface area contributed by atoms with Gasteiger partial charge in [0.2, 0.25) is 0 Å². The van der Waals surface area contributed by atoms with Gasteiger partial charge in [-0.15, -0.1) is 0 Å². The van der Waals surface area contributed by atoms with Crippen LogP contribution >= 0.6 is 22.6 Å². The van der Waals surface area contributed by atoms with Crippen LogP contribution in [0.15, 0.2) is 36.4 Å². The minimum absolute atomic E-state index is 0.145. The molecule has 2 aromatic rings. The largest absolute Gasteiger partial charge is 0.271 e. The summed E-state index contributed by atoms with van der Waals surface area (Å²) in [4.78, 5) is 0. The van der Waals surface area contributed by atoms with Crippen molar-refractivity contribution in [3.63, 3.8) is 0 Å². The number of nitrogens with one attached hydrogen (secondary N) is 1. The first-order valence-electron chi connectivity index (χ1n) is 6.79. The predicted molar refractivity (Wildman–Crippen MR) is 93.6 cm³/mol. The van der Waals surface area contributed by atoms with Gasteiger partial charge in [-0.1, -0.05) is 29.8 Å². The molecule has 0 spiro atoms. The highest BCUT2D eigenvalue weighted by Crippen LogP contribution is 2.24. The second-order valence-electron chi connectivity index (χ2n) is 5.35. The van der Waals surface area contributed by atoms with Crippen molar-refractivity contribution in [1.82, 2.24) is 5.43 Å². The first-order valence-corrected chi connectivity index (χ1v) is 7.87. The van der Waals surface area contributed by atoms with Crippen molar-refractivity contribution in [2.75, 3.05) is 0 Å².